The zero-order chi connectivity index (χ0) is 19.4. The lowest BCUT2D eigenvalue weighted by molar-refractivity contribution is -0.384. The molecule has 0 saturated heterocycles. The van der Waals surface area contributed by atoms with Crippen molar-refractivity contribution in [2.24, 2.45) is 5.92 Å². The van der Waals surface area contributed by atoms with Gasteiger partial charge in [-0.2, -0.15) is 0 Å². The monoisotopic (exact) mass is 365 g/mol. The van der Waals surface area contributed by atoms with Crippen LogP contribution >= 0.6 is 0 Å². The summed E-state index contributed by atoms with van der Waals surface area (Å²) >= 11 is 0. The van der Waals surface area contributed by atoms with Gasteiger partial charge in [-0.3, -0.25) is 14.9 Å². The third kappa shape index (κ3) is 4.34. The van der Waals surface area contributed by atoms with Crippen LogP contribution in [0.1, 0.15) is 37.3 Å². The summed E-state index contributed by atoms with van der Waals surface area (Å²) in [7, 11) is 0. The van der Waals surface area contributed by atoms with Gasteiger partial charge in [-0.05, 0) is 23.1 Å². The van der Waals surface area contributed by atoms with Crippen molar-refractivity contribution in [2.45, 2.75) is 26.2 Å². The van der Waals surface area contributed by atoms with Crippen LogP contribution in [0.2, 0.25) is 0 Å². The van der Waals surface area contributed by atoms with Crippen molar-refractivity contribution in [3.05, 3.63) is 76.0 Å². The van der Waals surface area contributed by atoms with E-state index >= 15 is 0 Å². The van der Waals surface area contributed by atoms with Crippen molar-refractivity contribution < 1.29 is 9.72 Å². The van der Waals surface area contributed by atoms with Crippen LogP contribution in [0, 0.1) is 16.0 Å². The van der Waals surface area contributed by atoms with E-state index in [0.29, 0.717) is 12.5 Å². The fourth-order valence-electron chi connectivity index (χ4n) is 3.22. The Labute approximate surface area is 157 Å². The summed E-state index contributed by atoms with van der Waals surface area (Å²) in [4.78, 5) is 26.5. The largest absolute Gasteiger partial charge is 0.361 e. The van der Waals surface area contributed by atoms with Crippen LogP contribution in [0.3, 0.4) is 0 Å². The highest BCUT2D eigenvalue weighted by molar-refractivity contribution is 5.86. The first-order valence-corrected chi connectivity index (χ1v) is 9.02. The molecule has 0 bridgehead atoms. The molecule has 0 spiro atoms. The predicted molar refractivity (Wildman–Crippen MR) is 106 cm³/mol. The molecule has 0 radical (unpaired) electrons. The van der Waals surface area contributed by atoms with Crippen LogP contribution in [-0.4, -0.2) is 22.4 Å². The van der Waals surface area contributed by atoms with Gasteiger partial charge in [0, 0.05) is 48.1 Å². The molecule has 6 heteroatoms. The summed E-state index contributed by atoms with van der Waals surface area (Å²) in [6.07, 6.45) is 2.12. The Morgan fingerprint density at radius 1 is 1.19 bits per heavy atom. The van der Waals surface area contributed by atoms with E-state index in [-0.39, 0.29) is 23.9 Å². The predicted octanol–water partition coefficient (Wildman–Crippen LogP) is 4.37. The molecule has 1 heterocycles. The molecule has 0 aliphatic rings. The first kappa shape index (κ1) is 18.6. The number of hydrogen-bond acceptors (Lipinski definition) is 3. The maximum absolute atomic E-state index is 12.5. The van der Waals surface area contributed by atoms with Gasteiger partial charge >= 0.3 is 0 Å². The maximum atomic E-state index is 12.5. The Kier molecular flexibility index (Phi) is 5.54. The number of non-ortho nitro benzene ring substituents is 1. The molecular formula is C21H23N3O3. The van der Waals surface area contributed by atoms with E-state index in [2.05, 4.69) is 10.3 Å². The van der Waals surface area contributed by atoms with Gasteiger partial charge in [0.25, 0.3) is 5.69 Å². The Bertz CT molecular complexity index is 962. The number of amides is 1. The Balaban J connectivity index is 2.00. The smallest absolute Gasteiger partial charge is 0.269 e. The molecule has 2 N–H and O–H groups in total. The summed E-state index contributed by atoms with van der Waals surface area (Å²) in [6, 6.07) is 14.4. The van der Waals surface area contributed by atoms with Gasteiger partial charge in [0.1, 0.15) is 0 Å². The molecule has 1 aromatic heterocycles. The van der Waals surface area contributed by atoms with Gasteiger partial charge in [0.2, 0.25) is 5.91 Å². The number of benzene rings is 2. The molecule has 27 heavy (non-hydrogen) atoms. The third-order valence-electron chi connectivity index (χ3n) is 4.58. The second kappa shape index (κ2) is 8.03. The molecule has 6 nitrogen and oxygen atoms in total. The van der Waals surface area contributed by atoms with Gasteiger partial charge < -0.3 is 10.3 Å². The second-order valence-electron chi connectivity index (χ2n) is 7.10. The lowest BCUT2D eigenvalue weighted by Crippen LogP contribution is -2.28. The average Bonchev–Trinajstić information content (AvgIpc) is 3.08. The number of nitrogens with one attached hydrogen (secondary N) is 2. The number of aromatic amines is 1. The number of hydrogen-bond donors (Lipinski definition) is 2. The van der Waals surface area contributed by atoms with Crippen LogP contribution < -0.4 is 5.32 Å². The molecule has 0 aliphatic carbocycles. The molecule has 1 amide bonds. The highest BCUT2D eigenvalue weighted by atomic mass is 16.6. The molecule has 2 aromatic carbocycles. The SMILES string of the molecule is CC(C)CNC(=O)C[C@H](c1cccc([N+](=O)[O-])c1)c1c[nH]c2ccccc12. The van der Waals surface area contributed by atoms with Crippen molar-refractivity contribution in [1.82, 2.24) is 10.3 Å². The fraction of sp³-hybridized carbons (Fsp3) is 0.286. The molecular weight excluding hydrogens is 342 g/mol. The fourth-order valence-corrected chi connectivity index (χ4v) is 3.22. The quantitative estimate of drug-likeness (QED) is 0.481. The number of rotatable bonds is 7. The van der Waals surface area contributed by atoms with Crippen LogP contribution in [0.4, 0.5) is 5.69 Å². The van der Waals surface area contributed by atoms with Crippen LogP contribution in [0.25, 0.3) is 10.9 Å². The van der Waals surface area contributed by atoms with Crippen molar-refractivity contribution in [2.75, 3.05) is 6.54 Å². The minimum Gasteiger partial charge on any atom is -0.361 e. The number of H-pyrrole nitrogens is 1. The Morgan fingerprint density at radius 3 is 2.70 bits per heavy atom. The number of aromatic nitrogens is 1. The van der Waals surface area contributed by atoms with E-state index in [1.807, 2.05) is 50.4 Å². The zero-order valence-corrected chi connectivity index (χ0v) is 15.4. The third-order valence-corrected chi connectivity index (χ3v) is 4.58. The number of carbonyl (C=O) groups is 1. The van der Waals surface area contributed by atoms with Gasteiger partial charge in [0.05, 0.1) is 4.92 Å². The molecule has 140 valence electrons. The number of carbonyl (C=O) groups excluding carboxylic acids is 1. The summed E-state index contributed by atoms with van der Waals surface area (Å²) in [5, 5.41) is 15.2. The molecule has 3 aromatic rings. The molecule has 1 atom stereocenters. The number of nitrogens with zero attached hydrogens (tertiary/aromatic N) is 1. The molecule has 0 fully saturated rings. The number of para-hydroxylation sites is 1. The zero-order valence-electron chi connectivity index (χ0n) is 15.4. The van der Waals surface area contributed by atoms with Gasteiger partial charge in [-0.25, -0.2) is 0 Å². The van der Waals surface area contributed by atoms with Crippen LogP contribution in [0.5, 0.6) is 0 Å². The summed E-state index contributed by atoms with van der Waals surface area (Å²) in [5.74, 6) is 0.0250. The van der Waals surface area contributed by atoms with Gasteiger partial charge in [-0.15, -0.1) is 0 Å². The summed E-state index contributed by atoms with van der Waals surface area (Å²) in [6.45, 7) is 4.68. The van der Waals surface area contributed by atoms with Gasteiger partial charge in [-0.1, -0.05) is 44.2 Å². The highest BCUT2D eigenvalue weighted by Crippen LogP contribution is 2.34. The second-order valence-corrected chi connectivity index (χ2v) is 7.10. The topological polar surface area (TPSA) is 88.0 Å². The first-order chi connectivity index (χ1) is 13.0. The number of nitro benzene ring substituents is 1. The molecule has 0 unspecified atom stereocenters. The van der Waals surface area contributed by atoms with Crippen LogP contribution in [0.15, 0.2) is 54.7 Å². The number of fused-ring (bicyclic) bond motifs is 1. The minimum absolute atomic E-state index is 0.0277. The Hall–Kier alpha value is -3.15. The van der Waals surface area contributed by atoms with E-state index in [0.717, 1.165) is 22.0 Å². The Morgan fingerprint density at radius 2 is 1.96 bits per heavy atom. The lowest BCUT2D eigenvalue weighted by atomic mass is 9.87. The molecule has 3 rings (SSSR count). The van der Waals surface area contributed by atoms with E-state index in [4.69, 9.17) is 0 Å². The van der Waals surface area contributed by atoms with E-state index < -0.39 is 4.92 Å². The van der Waals surface area contributed by atoms with Crippen molar-refractivity contribution in [3.8, 4) is 0 Å². The summed E-state index contributed by atoms with van der Waals surface area (Å²) in [5.41, 5.74) is 2.73. The molecule has 0 aliphatic heterocycles. The minimum atomic E-state index is -0.408. The standard InChI is InChI=1S/C21H23N3O3/c1-14(2)12-23-21(25)11-18(15-6-5-7-16(10-15)24(26)27)19-13-22-20-9-4-3-8-17(19)20/h3-10,13-14,18,22H,11-12H2,1-2H3,(H,23,25)/t18-/m1/s1. The average molecular weight is 365 g/mol. The lowest BCUT2D eigenvalue weighted by Gasteiger charge is -2.17. The van der Waals surface area contributed by atoms with Crippen molar-refractivity contribution in [1.29, 1.82) is 0 Å². The van der Waals surface area contributed by atoms with E-state index in [9.17, 15) is 14.9 Å². The number of nitro groups is 1. The van der Waals surface area contributed by atoms with Crippen LogP contribution in [-0.2, 0) is 4.79 Å². The van der Waals surface area contributed by atoms with E-state index in [1.54, 1.807) is 12.1 Å². The highest BCUT2D eigenvalue weighted by Gasteiger charge is 2.23. The van der Waals surface area contributed by atoms with Crippen molar-refractivity contribution >= 4 is 22.5 Å². The first-order valence-electron chi connectivity index (χ1n) is 9.02. The van der Waals surface area contributed by atoms with E-state index in [1.165, 1.54) is 6.07 Å². The maximum Gasteiger partial charge on any atom is 0.269 e. The normalized spacial score (nSPS) is 12.3. The van der Waals surface area contributed by atoms with Crippen molar-refractivity contribution in [3.63, 3.8) is 0 Å². The molecule has 0 saturated carbocycles. The van der Waals surface area contributed by atoms with Gasteiger partial charge in [0.15, 0.2) is 0 Å². The summed E-state index contributed by atoms with van der Waals surface area (Å²) < 4.78 is 0.